The summed E-state index contributed by atoms with van der Waals surface area (Å²) in [5.41, 5.74) is 0.455. The molecule has 0 spiro atoms. The summed E-state index contributed by atoms with van der Waals surface area (Å²) in [6, 6.07) is 3.39. The van der Waals surface area contributed by atoms with Crippen LogP contribution in [-0.4, -0.2) is 46.7 Å². The van der Waals surface area contributed by atoms with Crippen LogP contribution in [0.3, 0.4) is 0 Å². The Bertz CT molecular complexity index is 389. The van der Waals surface area contributed by atoms with Gasteiger partial charge in [-0.15, -0.1) is 0 Å². The molecule has 5 nitrogen and oxygen atoms in total. The van der Waals surface area contributed by atoms with E-state index in [4.69, 9.17) is 9.84 Å². The van der Waals surface area contributed by atoms with Gasteiger partial charge in [0.1, 0.15) is 5.56 Å². The van der Waals surface area contributed by atoms with Gasteiger partial charge in [-0.05, 0) is 19.1 Å². The number of pyridine rings is 1. The van der Waals surface area contributed by atoms with Gasteiger partial charge in [0.25, 0.3) is 5.91 Å². The maximum Gasteiger partial charge on any atom is 0.259 e. The van der Waals surface area contributed by atoms with Crippen LogP contribution in [0, 0.1) is 0 Å². The van der Waals surface area contributed by atoms with Gasteiger partial charge in [-0.25, -0.2) is 4.98 Å². The van der Waals surface area contributed by atoms with Crippen LogP contribution < -0.4 is 4.74 Å². The Morgan fingerprint density at radius 2 is 2.44 bits per heavy atom. The van der Waals surface area contributed by atoms with E-state index in [2.05, 4.69) is 4.98 Å². The standard InChI is InChI=1S/C11H14N2O3/c1-2-16-10-9(4-3-5-12-10)11(15)13-6-8(14)7-13/h3-5,8,14H,2,6-7H2,1H3. The Labute approximate surface area is 93.7 Å². The number of carbonyl (C=O) groups excluding carboxylic acids is 1. The number of ether oxygens (including phenoxy) is 1. The van der Waals surface area contributed by atoms with Crippen LogP contribution in [-0.2, 0) is 0 Å². The molecule has 1 N–H and O–H groups in total. The van der Waals surface area contributed by atoms with Gasteiger partial charge in [0.2, 0.25) is 5.88 Å². The summed E-state index contributed by atoms with van der Waals surface area (Å²) in [5.74, 6) is 0.221. The maximum absolute atomic E-state index is 12.0. The van der Waals surface area contributed by atoms with Crippen LogP contribution in [0.4, 0.5) is 0 Å². The molecule has 5 heteroatoms. The summed E-state index contributed by atoms with van der Waals surface area (Å²) >= 11 is 0. The van der Waals surface area contributed by atoms with E-state index in [0.717, 1.165) is 0 Å². The third kappa shape index (κ3) is 1.99. The van der Waals surface area contributed by atoms with Crippen molar-refractivity contribution in [1.82, 2.24) is 9.88 Å². The van der Waals surface area contributed by atoms with Gasteiger partial charge < -0.3 is 14.7 Å². The van der Waals surface area contributed by atoms with Crippen molar-refractivity contribution >= 4 is 5.91 Å². The normalized spacial score (nSPS) is 15.8. The third-order valence-electron chi connectivity index (χ3n) is 2.43. The predicted molar refractivity (Wildman–Crippen MR) is 57.3 cm³/mol. The van der Waals surface area contributed by atoms with E-state index in [1.807, 2.05) is 6.92 Å². The summed E-state index contributed by atoms with van der Waals surface area (Å²) in [7, 11) is 0. The lowest BCUT2D eigenvalue weighted by molar-refractivity contribution is 0.00561. The lowest BCUT2D eigenvalue weighted by Gasteiger charge is -2.35. The average Bonchev–Trinajstić information content (AvgIpc) is 2.25. The van der Waals surface area contributed by atoms with Crippen molar-refractivity contribution in [3.8, 4) is 5.88 Å². The van der Waals surface area contributed by atoms with E-state index in [1.54, 1.807) is 23.2 Å². The molecule has 1 fully saturated rings. The summed E-state index contributed by atoms with van der Waals surface area (Å²) in [6.45, 7) is 3.09. The Balaban J connectivity index is 2.16. The number of carbonyl (C=O) groups is 1. The molecule has 0 aliphatic carbocycles. The minimum atomic E-state index is -0.392. The molecule has 1 saturated heterocycles. The van der Waals surface area contributed by atoms with Gasteiger partial charge in [-0.1, -0.05) is 0 Å². The minimum absolute atomic E-state index is 0.137. The SMILES string of the molecule is CCOc1ncccc1C(=O)N1CC(O)C1. The number of aliphatic hydroxyl groups is 1. The first kappa shape index (κ1) is 10.9. The number of β-amino-alcohol motifs (C(OH)–C–C–N with tert-alkyl or cyclic N) is 1. The third-order valence-corrected chi connectivity index (χ3v) is 2.43. The highest BCUT2D eigenvalue weighted by Crippen LogP contribution is 2.19. The zero-order chi connectivity index (χ0) is 11.5. The van der Waals surface area contributed by atoms with Crippen molar-refractivity contribution in [1.29, 1.82) is 0 Å². The molecule has 0 bridgehead atoms. The van der Waals surface area contributed by atoms with Crippen LogP contribution >= 0.6 is 0 Å². The molecule has 86 valence electrons. The summed E-state index contributed by atoms with van der Waals surface area (Å²) in [4.78, 5) is 17.6. The molecule has 0 unspecified atom stereocenters. The van der Waals surface area contributed by atoms with Crippen LogP contribution in [0.2, 0.25) is 0 Å². The molecule has 1 aliphatic rings. The first-order valence-electron chi connectivity index (χ1n) is 5.27. The monoisotopic (exact) mass is 222 g/mol. The second kappa shape index (κ2) is 4.49. The first-order chi connectivity index (χ1) is 7.72. The van der Waals surface area contributed by atoms with E-state index >= 15 is 0 Å². The molecule has 1 amide bonds. The lowest BCUT2D eigenvalue weighted by atomic mass is 10.1. The van der Waals surface area contributed by atoms with E-state index in [9.17, 15) is 4.79 Å². The molecule has 1 aromatic rings. The maximum atomic E-state index is 12.0. The Kier molecular flexibility index (Phi) is 3.05. The molecule has 2 heterocycles. The molecule has 2 rings (SSSR count). The van der Waals surface area contributed by atoms with E-state index in [0.29, 0.717) is 31.1 Å². The molecule has 0 saturated carbocycles. The number of nitrogens with zero attached hydrogens (tertiary/aromatic N) is 2. The number of likely N-dealkylation sites (tertiary alicyclic amines) is 1. The van der Waals surface area contributed by atoms with Crippen LogP contribution in [0.15, 0.2) is 18.3 Å². The van der Waals surface area contributed by atoms with Gasteiger partial charge in [0.05, 0.1) is 12.7 Å². The Morgan fingerprint density at radius 1 is 1.69 bits per heavy atom. The molecule has 1 aromatic heterocycles. The number of hydrogen-bond acceptors (Lipinski definition) is 4. The quantitative estimate of drug-likeness (QED) is 0.798. The molecule has 0 radical (unpaired) electrons. The molecule has 1 aliphatic heterocycles. The zero-order valence-electron chi connectivity index (χ0n) is 9.09. The van der Waals surface area contributed by atoms with Crippen molar-refractivity contribution in [2.24, 2.45) is 0 Å². The van der Waals surface area contributed by atoms with Gasteiger partial charge in [0.15, 0.2) is 0 Å². The van der Waals surface area contributed by atoms with Gasteiger partial charge in [-0.2, -0.15) is 0 Å². The number of aliphatic hydroxyl groups excluding tert-OH is 1. The summed E-state index contributed by atoms with van der Waals surface area (Å²) in [5, 5.41) is 9.15. The summed E-state index contributed by atoms with van der Waals surface area (Å²) in [6.07, 6.45) is 1.20. The fourth-order valence-electron chi connectivity index (χ4n) is 1.60. The molecular formula is C11H14N2O3. The average molecular weight is 222 g/mol. The topological polar surface area (TPSA) is 62.7 Å². The number of rotatable bonds is 3. The smallest absolute Gasteiger partial charge is 0.259 e. The van der Waals surface area contributed by atoms with Crippen molar-refractivity contribution in [2.75, 3.05) is 19.7 Å². The largest absolute Gasteiger partial charge is 0.477 e. The number of amides is 1. The zero-order valence-corrected chi connectivity index (χ0v) is 9.09. The molecule has 0 aromatic carbocycles. The van der Waals surface area contributed by atoms with Crippen LogP contribution in [0.25, 0.3) is 0 Å². The van der Waals surface area contributed by atoms with Crippen molar-refractivity contribution < 1.29 is 14.6 Å². The first-order valence-corrected chi connectivity index (χ1v) is 5.27. The second-order valence-corrected chi connectivity index (χ2v) is 3.65. The van der Waals surface area contributed by atoms with Crippen molar-refractivity contribution in [3.05, 3.63) is 23.9 Å². The van der Waals surface area contributed by atoms with Gasteiger partial charge in [0, 0.05) is 19.3 Å². The van der Waals surface area contributed by atoms with E-state index in [-0.39, 0.29) is 5.91 Å². The van der Waals surface area contributed by atoms with Gasteiger partial charge >= 0.3 is 0 Å². The minimum Gasteiger partial charge on any atom is -0.477 e. The van der Waals surface area contributed by atoms with Crippen molar-refractivity contribution in [3.63, 3.8) is 0 Å². The fraction of sp³-hybridized carbons (Fsp3) is 0.455. The van der Waals surface area contributed by atoms with Crippen LogP contribution in [0.5, 0.6) is 5.88 Å². The van der Waals surface area contributed by atoms with Gasteiger partial charge in [-0.3, -0.25) is 4.79 Å². The molecular weight excluding hydrogens is 208 g/mol. The molecule has 16 heavy (non-hydrogen) atoms. The highest BCUT2D eigenvalue weighted by molar-refractivity contribution is 5.96. The second-order valence-electron chi connectivity index (χ2n) is 3.65. The fourth-order valence-corrected chi connectivity index (χ4v) is 1.60. The number of hydrogen-bond donors (Lipinski definition) is 1. The highest BCUT2D eigenvalue weighted by Gasteiger charge is 2.31. The Morgan fingerprint density at radius 3 is 3.06 bits per heavy atom. The van der Waals surface area contributed by atoms with Crippen LogP contribution in [0.1, 0.15) is 17.3 Å². The predicted octanol–water partition coefficient (Wildman–Crippen LogP) is 0.297. The highest BCUT2D eigenvalue weighted by atomic mass is 16.5. The lowest BCUT2D eigenvalue weighted by Crippen LogP contribution is -2.53. The Hall–Kier alpha value is -1.62. The molecule has 0 atom stereocenters. The number of aromatic nitrogens is 1. The van der Waals surface area contributed by atoms with Crippen molar-refractivity contribution in [2.45, 2.75) is 13.0 Å². The summed E-state index contributed by atoms with van der Waals surface area (Å²) < 4.78 is 5.28. The van der Waals surface area contributed by atoms with E-state index < -0.39 is 6.10 Å². The van der Waals surface area contributed by atoms with E-state index in [1.165, 1.54) is 0 Å².